The first-order valence-corrected chi connectivity index (χ1v) is 14.1. The van der Waals surface area contributed by atoms with Crippen molar-refractivity contribution >= 4 is 52.4 Å². The van der Waals surface area contributed by atoms with E-state index in [1.165, 1.54) is 0 Å². The molecule has 41 heavy (non-hydrogen) atoms. The van der Waals surface area contributed by atoms with Gasteiger partial charge in [0, 0.05) is 49.8 Å². The van der Waals surface area contributed by atoms with Crippen LogP contribution in [-0.4, -0.2) is 71.4 Å². The number of para-hydroxylation sites is 1. The molecule has 1 aromatic heterocycles. The molecule has 0 bridgehead atoms. The van der Waals surface area contributed by atoms with E-state index in [9.17, 15) is 9.59 Å². The van der Waals surface area contributed by atoms with E-state index < -0.39 is 5.60 Å². The molecule has 2 unspecified atom stereocenters. The molecule has 2 atom stereocenters. The molecular formula is C30H36ClN7O3. The summed E-state index contributed by atoms with van der Waals surface area (Å²) in [6, 6.07) is 15.4. The zero-order valence-electron chi connectivity index (χ0n) is 24.3. The molecule has 3 aromatic rings. The van der Waals surface area contributed by atoms with Gasteiger partial charge in [0.05, 0.1) is 17.4 Å². The largest absolute Gasteiger partial charge is 0.444 e. The van der Waals surface area contributed by atoms with Crippen molar-refractivity contribution in [1.82, 2.24) is 14.9 Å². The molecule has 10 nitrogen and oxygen atoms in total. The van der Waals surface area contributed by atoms with Crippen molar-refractivity contribution in [2.24, 2.45) is 0 Å². The van der Waals surface area contributed by atoms with E-state index in [-0.39, 0.29) is 24.1 Å². The minimum atomic E-state index is -0.524. The van der Waals surface area contributed by atoms with Gasteiger partial charge in [-0.2, -0.15) is 4.98 Å². The van der Waals surface area contributed by atoms with Gasteiger partial charge in [-0.1, -0.05) is 23.7 Å². The van der Waals surface area contributed by atoms with Crippen molar-refractivity contribution in [3.63, 3.8) is 0 Å². The maximum atomic E-state index is 13.2. The second-order valence-electron chi connectivity index (χ2n) is 11.6. The van der Waals surface area contributed by atoms with Crippen molar-refractivity contribution in [3.8, 4) is 0 Å². The molecule has 2 amide bonds. The lowest BCUT2D eigenvalue weighted by molar-refractivity contribution is 0.0130. The van der Waals surface area contributed by atoms with Crippen LogP contribution < -0.4 is 20.0 Å². The van der Waals surface area contributed by atoms with Crippen molar-refractivity contribution in [3.05, 3.63) is 65.3 Å². The van der Waals surface area contributed by atoms with Crippen LogP contribution in [0.1, 0.15) is 45.0 Å². The summed E-state index contributed by atoms with van der Waals surface area (Å²) < 4.78 is 5.61. The maximum Gasteiger partial charge on any atom is 0.410 e. The highest BCUT2D eigenvalue weighted by atomic mass is 35.5. The van der Waals surface area contributed by atoms with Gasteiger partial charge in [0.1, 0.15) is 17.0 Å². The highest BCUT2D eigenvalue weighted by molar-refractivity contribution is 6.34. The van der Waals surface area contributed by atoms with E-state index >= 15 is 0 Å². The first kappa shape index (κ1) is 28.5. The van der Waals surface area contributed by atoms with Crippen molar-refractivity contribution < 1.29 is 14.3 Å². The minimum Gasteiger partial charge on any atom is -0.444 e. The van der Waals surface area contributed by atoms with E-state index in [1.54, 1.807) is 17.2 Å². The summed E-state index contributed by atoms with van der Waals surface area (Å²) in [6.45, 7) is 11.4. The number of halogens is 1. The fourth-order valence-electron chi connectivity index (χ4n) is 5.15. The zero-order valence-corrected chi connectivity index (χ0v) is 25.0. The third-order valence-electron chi connectivity index (χ3n) is 7.17. The van der Waals surface area contributed by atoms with Gasteiger partial charge in [-0.05, 0) is 71.0 Å². The number of fused-ring (bicyclic) bond motifs is 1. The lowest BCUT2D eigenvalue weighted by Gasteiger charge is -2.45. The number of carbonyl (C=O) groups is 2. The fourth-order valence-corrected chi connectivity index (χ4v) is 5.38. The van der Waals surface area contributed by atoms with E-state index in [4.69, 9.17) is 16.3 Å². The van der Waals surface area contributed by atoms with E-state index in [2.05, 4.69) is 27.1 Å². The van der Waals surface area contributed by atoms with Crippen LogP contribution in [0.25, 0.3) is 0 Å². The Balaban J connectivity index is 1.26. The number of rotatable bonds is 4. The summed E-state index contributed by atoms with van der Waals surface area (Å²) in [7, 11) is 1.88. The molecule has 1 fully saturated rings. The maximum absolute atomic E-state index is 13.2. The Bertz CT molecular complexity index is 1440. The number of aromatic nitrogens is 2. The summed E-state index contributed by atoms with van der Waals surface area (Å²) >= 11 is 6.35. The molecule has 2 aliphatic rings. The number of nitrogens with zero attached hydrogens (tertiary/aromatic N) is 6. The van der Waals surface area contributed by atoms with Gasteiger partial charge in [0.25, 0.3) is 5.91 Å². The first-order valence-electron chi connectivity index (χ1n) is 13.7. The second kappa shape index (κ2) is 11.1. The number of hydrogen-bond donors (Lipinski definition) is 1. The Kier molecular flexibility index (Phi) is 7.70. The Morgan fingerprint density at radius 2 is 1.76 bits per heavy atom. The average molecular weight is 578 g/mol. The molecule has 1 N–H and O–H groups in total. The molecular weight excluding hydrogens is 542 g/mol. The van der Waals surface area contributed by atoms with Gasteiger partial charge in [-0.15, -0.1) is 0 Å². The summed E-state index contributed by atoms with van der Waals surface area (Å²) in [5, 5.41) is 3.76. The normalized spacial score (nSPS) is 19.2. The number of nitrogens with one attached hydrogen (secondary N) is 1. The predicted octanol–water partition coefficient (Wildman–Crippen LogP) is 5.76. The molecule has 11 heteroatoms. The zero-order chi connectivity index (χ0) is 29.5. The number of amides is 2. The standard InChI is InChI=1S/C30H36ClN7O3/c1-19-17-37(29(40)41-30(3,4)5)20(2)16-36(19)22-13-11-21(12-14-22)33-28-32-15-23-26(34-28)35(6)18-38(27(23)39)25-10-8-7-9-24(25)31/h7-15,19-20H,16-18H2,1-6H3,(H,32,33,34). The highest BCUT2D eigenvalue weighted by Gasteiger charge is 2.35. The summed E-state index contributed by atoms with van der Waals surface area (Å²) in [5.41, 5.74) is 2.42. The van der Waals surface area contributed by atoms with Gasteiger partial charge in [-0.25, -0.2) is 9.78 Å². The molecule has 2 aliphatic heterocycles. The number of hydrogen-bond acceptors (Lipinski definition) is 8. The van der Waals surface area contributed by atoms with Crippen LogP contribution in [0.15, 0.2) is 54.7 Å². The van der Waals surface area contributed by atoms with Crippen LogP contribution in [0.2, 0.25) is 5.02 Å². The van der Waals surface area contributed by atoms with E-state index in [1.807, 2.05) is 87.0 Å². The number of piperazine rings is 1. The summed E-state index contributed by atoms with van der Waals surface area (Å²) in [4.78, 5) is 42.6. The fraction of sp³-hybridized carbons (Fsp3) is 0.400. The molecule has 0 saturated carbocycles. The molecule has 3 heterocycles. The second-order valence-corrected chi connectivity index (χ2v) is 12.0. The molecule has 216 valence electrons. The summed E-state index contributed by atoms with van der Waals surface area (Å²) in [5.74, 6) is 0.755. The van der Waals surface area contributed by atoms with Gasteiger partial charge >= 0.3 is 6.09 Å². The van der Waals surface area contributed by atoms with E-state index in [0.29, 0.717) is 47.8 Å². The minimum absolute atomic E-state index is 0.0105. The van der Waals surface area contributed by atoms with Crippen molar-refractivity contribution in [1.29, 1.82) is 0 Å². The quantitative estimate of drug-likeness (QED) is 0.418. The first-order chi connectivity index (χ1) is 19.4. The number of ether oxygens (including phenoxy) is 1. The molecule has 0 spiro atoms. The number of anilines is 5. The highest BCUT2D eigenvalue weighted by Crippen LogP contribution is 2.33. The average Bonchev–Trinajstić information content (AvgIpc) is 2.92. The molecule has 0 aliphatic carbocycles. The van der Waals surface area contributed by atoms with Crippen LogP contribution in [0.5, 0.6) is 0 Å². The molecule has 5 rings (SSSR count). The number of benzene rings is 2. The van der Waals surface area contributed by atoms with Crippen molar-refractivity contribution in [2.75, 3.05) is 46.8 Å². The van der Waals surface area contributed by atoms with Crippen LogP contribution in [0, 0.1) is 0 Å². The van der Waals surface area contributed by atoms with Gasteiger partial charge in [-0.3, -0.25) is 9.69 Å². The third kappa shape index (κ3) is 6.02. The van der Waals surface area contributed by atoms with Crippen LogP contribution in [-0.2, 0) is 4.74 Å². The Hall–Kier alpha value is -4.05. The smallest absolute Gasteiger partial charge is 0.410 e. The lowest BCUT2D eigenvalue weighted by atomic mass is 10.1. The lowest BCUT2D eigenvalue weighted by Crippen LogP contribution is -2.59. The molecule has 0 radical (unpaired) electrons. The number of carbonyl (C=O) groups excluding carboxylic acids is 2. The molecule has 1 saturated heterocycles. The SMILES string of the molecule is CC1CN(c2ccc(Nc3ncc4c(n3)N(C)CN(c3ccccc3Cl)C4=O)cc2)C(C)CN1C(=O)OC(C)(C)C. The monoisotopic (exact) mass is 577 g/mol. The van der Waals surface area contributed by atoms with Gasteiger partial charge in [0.2, 0.25) is 5.95 Å². The Labute approximate surface area is 245 Å². The van der Waals surface area contributed by atoms with Gasteiger partial charge in [0.15, 0.2) is 0 Å². The van der Waals surface area contributed by atoms with Crippen LogP contribution in [0.3, 0.4) is 0 Å². The van der Waals surface area contributed by atoms with Crippen molar-refractivity contribution in [2.45, 2.75) is 52.3 Å². The predicted molar refractivity (Wildman–Crippen MR) is 162 cm³/mol. The van der Waals surface area contributed by atoms with Crippen LogP contribution in [0.4, 0.5) is 33.6 Å². The Morgan fingerprint density at radius 3 is 2.44 bits per heavy atom. The van der Waals surface area contributed by atoms with E-state index in [0.717, 1.165) is 11.4 Å². The summed E-state index contributed by atoms with van der Waals surface area (Å²) in [6.07, 6.45) is 1.28. The molecule has 2 aromatic carbocycles. The van der Waals surface area contributed by atoms with Crippen LogP contribution >= 0.6 is 11.6 Å². The topological polar surface area (TPSA) is 94.1 Å². The Morgan fingerprint density at radius 1 is 1.05 bits per heavy atom. The van der Waals surface area contributed by atoms with Gasteiger partial charge < -0.3 is 24.8 Å². The third-order valence-corrected chi connectivity index (χ3v) is 7.49.